The summed E-state index contributed by atoms with van der Waals surface area (Å²) in [6, 6.07) is 7.44. The van der Waals surface area contributed by atoms with E-state index in [1.165, 1.54) is 0 Å². The van der Waals surface area contributed by atoms with Gasteiger partial charge in [-0.3, -0.25) is 0 Å². The smallest absolute Gasteiger partial charge is 0 e. The Morgan fingerprint density at radius 2 is 1.00 bits per heavy atom. The van der Waals surface area contributed by atoms with Crippen molar-refractivity contribution in [2.24, 2.45) is 17.8 Å². The average molecular weight is 559 g/mol. The van der Waals surface area contributed by atoms with Crippen molar-refractivity contribution in [3.63, 3.8) is 0 Å². The van der Waals surface area contributed by atoms with E-state index < -0.39 is 15.9 Å². The van der Waals surface area contributed by atoms with Crippen LogP contribution in [0.2, 0.25) is 0 Å². The maximum atomic E-state index is 11.7. The minimum atomic E-state index is -1.73. The molecule has 0 spiro atoms. The second-order valence-electron chi connectivity index (χ2n) is 6.16. The molecule has 0 radical (unpaired) electrons. The van der Waals surface area contributed by atoms with Crippen LogP contribution in [0.3, 0.4) is 0 Å². The van der Waals surface area contributed by atoms with E-state index in [9.17, 15) is 3.50 Å². The summed E-state index contributed by atoms with van der Waals surface area (Å²) in [5.41, 5.74) is 0. The fourth-order valence-electron chi connectivity index (χ4n) is 0.503. The van der Waals surface area contributed by atoms with Crippen LogP contribution in [-0.4, -0.2) is 51.0 Å². The second-order valence-corrected chi connectivity index (χ2v) is 8.43. The molecule has 0 aliphatic heterocycles. The first-order chi connectivity index (χ1) is 10.2. The molecule has 0 bridgehead atoms. The summed E-state index contributed by atoms with van der Waals surface area (Å²) >= 11 is -1.73. The summed E-state index contributed by atoms with van der Waals surface area (Å²) < 4.78 is 12.7. The Bertz CT molecular complexity index is 262. The first-order valence-corrected chi connectivity index (χ1v) is 10.4. The molecule has 0 heterocycles. The SMILES string of the molecule is CC(C)CO.CC(C)CO.CC(C)CO.[F][GeH2][c-]1cccc1.[Hf]. The van der Waals surface area contributed by atoms with Crippen molar-refractivity contribution in [2.45, 2.75) is 41.5 Å². The van der Waals surface area contributed by atoms with Crippen LogP contribution >= 0.6 is 0 Å². The van der Waals surface area contributed by atoms with Crippen LogP contribution in [0.1, 0.15) is 41.5 Å². The van der Waals surface area contributed by atoms with E-state index in [2.05, 4.69) is 0 Å². The van der Waals surface area contributed by atoms with Gasteiger partial charge < -0.3 is 15.3 Å². The molecule has 0 aromatic heterocycles. The summed E-state index contributed by atoms with van der Waals surface area (Å²) in [7, 11) is 0. The summed E-state index contributed by atoms with van der Waals surface area (Å²) in [6.07, 6.45) is 0. The average Bonchev–Trinajstić information content (AvgIpc) is 3.02. The molecule has 1 rings (SSSR count). The molecule has 1 aromatic carbocycles. The molecule has 0 aliphatic carbocycles. The third-order valence-electron chi connectivity index (χ3n) is 1.98. The van der Waals surface area contributed by atoms with E-state index in [0.29, 0.717) is 37.6 Å². The van der Waals surface area contributed by atoms with Crippen molar-refractivity contribution < 1.29 is 44.7 Å². The third-order valence-corrected chi connectivity index (χ3v) is 3.62. The van der Waals surface area contributed by atoms with Gasteiger partial charge in [0.15, 0.2) is 0 Å². The molecular formula is C17H36FGeHfO3-. The molecule has 138 valence electrons. The Kier molecular flexibility index (Phi) is 33.8. The van der Waals surface area contributed by atoms with Crippen LogP contribution in [0.15, 0.2) is 24.3 Å². The monoisotopic (exact) mass is 561 g/mol. The largest absolute Gasteiger partial charge is 0 e. The molecule has 0 saturated heterocycles. The summed E-state index contributed by atoms with van der Waals surface area (Å²) in [5.74, 6) is 1.32. The van der Waals surface area contributed by atoms with Crippen LogP contribution in [0, 0.1) is 17.8 Å². The van der Waals surface area contributed by atoms with Gasteiger partial charge in [-0.2, -0.15) is 0 Å². The molecule has 6 heteroatoms. The van der Waals surface area contributed by atoms with Crippen LogP contribution in [0.5, 0.6) is 0 Å². The molecular weight excluding hydrogens is 522 g/mol. The van der Waals surface area contributed by atoms with Gasteiger partial charge in [0.05, 0.1) is 0 Å². The van der Waals surface area contributed by atoms with Crippen LogP contribution < -0.4 is 4.40 Å². The summed E-state index contributed by atoms with van der Waals surface area (Å²) in [6.45, 7) is 12.7. The Hall–Kier alpha value is 0.573. The zero-order valence-corrected chi connectivity index (χ0v) is 22.1. The van der Waals surface area contributed by atoms with E-state index in [-0.39, 0.29) is 25.8 Å². The van der Waals surface area contributed by atoms with Gasteiger partial charge in [0, 0.05) is 45.7 Å². The van der Waals surface area contributed by atoms with E-state index in [1.807, 2.05) is 65.8 Å². The fourth-order valence-corrected chi connectivity index (χ4v) is 1.45. The molecule has 3 N–H and O–H groups in total. The number of halogens is 1. The van der Waals surface area contributed by atoms with E-state index in [1.54, 1.807) is 0 Å². The summed E-state index contributed by atoms with van der Waals surface area (Å²) in [5, 5.41) is 24.4. The molecule has 3 nitrogen and oxygen atoms in total. The maximum Gasteiger partial charge on any atom is 0 e. The zero-order valence-electron chi connectivity index (χ0n) is 15.6. The molecule has 0 saturated carbocycles. The number of aliphatic hydroxyl groups is 3. The topological polar surface area (TPSA) is 60.7 Å². The minimum absolute atomic E-state index is 0. The Morgan fingerprint density at radius 1 is 0.783 bits per heavy atom. The van der Waals surface area contributed by atoms with Gasteiger partial charge in [0.25, 0.3) is 0 Å². The fraction of sp³-hybridized carbons (Fsp3) is 0.706. The Morgan fingerprint density at radius 3 is 1.09 bits per heavy atom. The first-order valence-electron chi connectivity index (χ1n) is 7.84. The molecule has 0 atom stereocenters. The maximum absolute atomic E-state index is 11.7. The first kappa shape index (κ1) is 31.4. The van der Waals surface area contributed by atoms with Crippen molar-refractivity contribution in [2.75, 3.05) is 19.8 Å². The predicted octanol–water partition coefficient (Wildman–Crippen LogP) is 1.99. The van der Waals surface area contributed by atoms with Crippen molar-refractivity contribution in [1.82, 2.24) is 0 Å². The van der Waals surface area contributed by atoms with Crippen molar-refractivity contribution in [1.29, 1.82) is 0 Å². The van der Waals surface area contributed by atoms with Crippen LogP contribution in [0.25, 0.3) is 0 Å². The number of hydrogen-bond acceptors (Lipinski definition) is 3. The molecule has 23 heavy (non-hydrogen) atoms. The molecule has 0 aliphatic rings. The normalized spacial score (nSPS) is 9.61. The van der Waals surface area contributed by atoms with Crippen LogP contribution in [-0.2, 0) is 25.8 Å². The number of hydrogen-bond donors (Lipinski definition) is 3. The van der Waals surface area contributed by atoms with Gasteiger partial charge in [-0.25, -0.2) is 0 Å². The standard InChI is InChI=1S/C5H6FGe.3C4H10O.Hf/c6-7-5-3-1-2-4-5;3*1-4(2)3-5;/h1-4H,7H2;3*4-5H,3H2,1-2H3;/q-1;;;;. The Labute approximate surface area is 167 Å². The second kappa shape index (κ2) is 24.8. The molecule has 0 amide bonds. The predicted molar refractivity (Wildman–Crippen MR) is 97.1 cm³/mol. The minimum Gasteiger partial charge on any atom is 0 e. The van der Waals surface area contributed by atoms with Crippen LogP contribution in [0.4, 0.5) is 3.50 Å². The van der Waals surface area contributed by atoms with E-state index in [0.717, 1.165) is 4.40 Å². The molecule has 1 aromatic rings. The zero-order chi connectivity index (χ0) is 18.0. The third kappa shape index (κ3) is 39.4. The van der Waals surface area contributed by atoms with E-state index >= 15 is 0 Å². The quantitative estimate of drug-likeness (QED) is 0.392. The van der Waals surface area contributed by atoms with Gasteiger partial charge in [0.1, 0.15) is 0 Å². The van der Waals surface area contributed by atoms with Gasteiger partial charge in [-0.05, 0) is 17.8 Å². The number of rotatable bonds is 4. The molecule has 0 fully saturated rings. The van der Waals surface area contributed by atoms with Gasteiger partial charge in [-0.15, -0.1) is 0 Å². The summed E-state index contributed by atoms with van der Waals surface area (Å²) in [4.78, 5) is 0. The van der Waals surface area contributed by atoms with Gasteiger partial charge in [0.2, 0.25) is 0 Å². The van der Waals surface area contributed by atoms with Crippen molar-refractivity contribution in [3.05, 3.63) is 24.3 Å². The van der Waals surface area contributed by atoms with Crippen molar-refractivity contribution >= 4 is 20.3 Å². The van der Waals surface area contributed by atoms with Crippen molar-refractivity contribution in [3.8, 4) is 0 Å². The Balaban J connectivity index is -0.000000105. The molecule has 0 unspecified atom stereocenters. The van der Waals surface area contributed by atoms with Gasteiger partial charge >= 0.3 is 48.1 Å². The van der Waals surface area contributed by atoms with E-state index in [4.69, 9.17) is 15.3 Å². The van der Waals surface area contributed by atoms with Gasteiger partial charge in [-0.1, -0.05) is 41.5 Å². The number of aliphatic hydroxyl groups excluding tert-OH is 3.